The highest BCUT2D eigenvalue weighted by molar-refractivity contribution is 5.88. The molecule has 5 heteroatoms. The summed E-state index contributed by atoms with van der Waals surface area (Å²) in [6.07, 6.45) is 6.39. The highest BCUT2D eigenvalue weighted by Crippen LogP contribution is 2.21. The molecule has 37 heavy (non-hydrogen) atoms. The Labute approximate surface area is 219 Å². The zero-order valence-corrected chi connectivity index (χ0v) is 21.9. The minimum absolute atomic E-state index is 0.239. The van der Waals surface area contributed by atoms with Gasteiger partial charge in [0.25, 0.3) is 0 Å². The fourth-order valence-corrected chi connectivity index (χ4v) is 2.96. The lowest BCUT2D eigenvalue weighted by atomic mass is 10.1. The molecule has 0 aliphatic rings. The highest BCUT2D eigenvalue weighted by Gasteiger charge is 2.03. The van der Waals surface area contributed by atoms with Crippen molar-refractivity contribution in [3.8, 4) is 11.5 Å². The molecule has 1 N–H and O–H groups in total. The molecular formula is C32H34N2O3. The first-order chi connectivity index (χ1) is 17.8. The number of rotatable bonds is 6. The van der Waals surface area contributed by atoms with Crippen molar-refractivity contribution in [2.45, 2.75) is 34.1 Å². The van der Waals surface area contributed by atoms with Crippen molar-refractivity contribution in [2.75, 3.05) is 0 Å². The number of carbonyl (C=O) groups is 1. The minimum Gasteiger partial charge on any atom is -0.478 e. The van der Waals surface area contributed by atoms with Gasteiger partial charge >= 0.3 is 5.97 Å². The summed E-state index contributed by atoms with van der Waals surface area (Å²) in [5.41, 5.74) is 5.23. The van der Waals surface area contributed by atoms with E-state index < -0.39 is 5.97 Å². The zero-order valence-electron chi connectivity index (χ0n) is 21.9. The van der Waals surface area contributed by atoms with E-state index in [1.54, 1.807) is 6.92 Å². The number of para-hydroxylation sites is 1. The highest BCUT2D eigenvalue weighted by atomic mass is 16.5. The number of carboxylic acid groups (broad SMARTS) is 1. The van der Waals surface area contributed by atoms with Crippen molar-refractivity contribution < 1.29 is 14.6 Å². The summed E-state index contributed by atoms with van der Waals surface area (Å²) in [4.78, 5) is 18.7. The fraction of sp³-hybridized carbons (Fsp3) is 0.156. The van der Waals surface area contributed by atoms with Crippen LogP contribution in [0.2, 0.25) is 0 Å². The first kappa shape index (κ1) is 28.7. The lowest BCUT2D eigenvalue weighted by molar-refractivity contribution is 0.0696. The SMILES string of the molecule is C/C=C(\C)c1ccccn1.C=C(C)c1cc(C(=O)O)ccn1.CCc1ccc(Oc2ccccc2)cc1. The molecule has 0 amide bonds. The molecular weight excluding hydrogens is 460 g/mol. The van der Waals surface area contributed by atoms with Crippen LogP contribution >= 0.6 is 0 Å². The molecule has 4 aromatic rings. The van der Waals surface area contributed by atoms with E-state index in [1.807, 2.05) is 73.8 Å². The summed E-state index contributed by atoms with van der Waals surface area (Å²) in [6.45, 7) is 11.7. The number of hydrogen-bond acceptors (Lipinski definition) is 4. The molecule has 0 aliphatic heterocycles. The number of aryl methyl sites for hydroxylation is 1. The second kappa shape index (κ2) is 15.5. The van der Waals surface area contributed by atoms with Gasteiger partial charge in [-0.25, -0.2) is 4.79 Å². The van der Waals surface area contributed by atoms with Crippen molar-refractivity contribution in [3.63, 3.8) is 0 Å². The molecule has 190 valence electrons. The fourth-order valence-electron chi connectivity index (χ4n) is 2.96. The predicted molar refractivity (Wildman–Crippen MR) is 152 cm³/mol. The lowest BCUT2D eigenvalue weighted by Gasteiger charge is -2.05. The first-order valence-electron chi connectivity index (χ1n) is 12.0. The van der Waals surface area contributed by atoms with Crippen molar-refractivity contribution in [2.24, 2.45) is 0 Å². The number of aromatic carboxylic acids is 1. The predicted octanol–water partition coefficient (Wildman–Crippen LogP) is 8.36. The van der Waals surface area contributed by atoms with Gasteiger partial charge in [0.1, 0.15) is 11.5 Å². The molecule has 2 heterocycles. The molecule has 0 unspecified atom stereocenters. The molecule has 0 radical (unpaired) electrons. The quantitative estimate of drug-likeness (QED) is 0.291. The summed E-state index contributed by atoms with van der Waals surface area (Å²) in [5.74, 6) is 0.819. The van der Waals surface area contributed by atoms with Crippen molar-refractivity contribution in [3.05, 3.63) is 132 Å². The molecule has 5 nitrogen and oxygen atoms in total. The maximum Gasteiger partial charge on any atom is 0.335 e. The van der Waals surface area contributed by atoms with E-state index in [9.17, 15) is 4.79 Å². The van der Waals surface area contributed by atoms with Gasteiger partial charge in [-0.15, -0.1) is 0 Å². The maximum absolute atomic E-state index is 10.5. The minimum atomic E-state index is -0.945. The Bertz CT molecular complexity index is 1250. The van der Waals surface area contributed by atoms with Gasteiger partial charge in [-0.3, -0.25) is 9.97 Å². The lowest BCUT2D eigenvalue weighted by Crippen LogP contribution is -1.97. The normalized spacial score (nSPS) is 10.2. The number of carboxylic acids is 1. The summed E-state index contributed by atoms with van der Waals surface area (Å²) in [7, 11) is 0. The van der Waals surface area contributed by atoms with Crippen molar-refractivity contribution in [1.29, 1.82) is 0 Å². The zero-order chi connectivity index (χ0) is 27.0. The van der Waals surface area contributed by atoms with Crippen LogP contribution in [0.25, 0.3) is 11.1 Å². The van der Waals surface area contributed by atoms with Gasteiger partial charge in [0, 0.05) is 12.4 Å². The van der Waals surface area contributed by atoms with Crippen LogP contribution in [0.3, 0.4) is 0 Å². The van der Waals surface area contributed by atoms with Crippen LogP contribution in [0, 0.1) is 0 Å². The summed E-state index contributed by atoms with van der Waals surface area (Å²) in [5, 5.41) is 8.63. The Balaban J connectivity index is 0.000000200. The van der Waals surface area contributed by atoms with E-state index in [1.165, 1.54) is 29.5 Å². The van der Waals surface area contributed by atoms with Crippen LogP contribution in [-0.2, 0) is 6.42 Å². The molecule has 0 saturated carbocycles. The topological polar surface area (TPSA) is 72.3 Å². The van der Waals surface area contributed by atoms with Gasteiger partial charge in [-0.05, 0) is 92.4 Å². The molecule has 0 atom stereocenters. The van der Waals surface area contributed by atoms with Crippen LogP contribution in [0.5, 0.6) is 11.5 Å². The molecule has 2 aromatic carbocycles. The molecule has 0 saturated heterocycles. The molecule has 0 aliphatic carbocycles. The Morgan fingerprint density at radius 2 is 1.49 bits per heavy atom. The van der Waals surface area contributed by atoms with E-state index in [2.05, 4.69) is 48.6 Å². The van der Waals surface area contributed by atoms with E-state index in [0.29, 0.717) is 5.69 Å². The molecule has 2 aromatic heterocycles. The summed E-state index contributed by atoms with van der Waals surface area (Å²) < 4.78 is 5.68. The Kier molecular flexibility index (Phi) is 12.0. The van der Waals surface area contributed by atoms with Gasteiger partial charge in [-0.1, -0.05) is 56.0 Å². The Morgan fingerprint density at radius 1 is 0.865 bits per heavy atom. The smallest absolute Gasteiger partial charge is 0.335 e. The Hall–Kier alpha value is -4.51. The molecule has 0 fully saturated rings. The Morgan fingerprint density at radius 3 is 2.03 bits per heavy atom. The third-order valence-corrected chi connectivity index (χ3v) is 5.26. The van der Waals surface area contributed by atoms with Gasteiger partial charge in [0.15, 0.2) is 0 Å². The van der Waals surface area contributed by atoms with Gasteiger partial charge in [-0.2, -0.15) is 0 Å². The first-order valence-corrected chi connectivity index (χ1v) is 12.0. The standard InChI is InChI=1S/C14H14O.C9H9NO2.C9H11N/c1-2-12-8-10-14(11-9-12)15-13-6-4-3-5-7-13;1-6(2)8-5-7(9(11)12)3-4-10-8;1-3-8(2)9-6-4-5-7-10-9/h3-11H,2H2,1H3;3-5H,1H2,2H3,(H,11,12);3-7H,1-2H3/b;;8-3+. The van der Waals surface area contributed by atoms with E-state index in [0.717, 1.165) is 29.2 Å². The third kappa shape index (κ3) is 10.3. The maximum atomic E-state index is 10.5. The number of hydrogen-bond donors (Lipinski definition) is 1. The third-order valence-electron chi connectivity index (χ3n) is 5.26. The van der Waals surface area contributed by atoms with E-state index >= 15 is 0 Å². The largest absolute Gasteiger partial charge is 0.478 e. The number of allylic oxidation sites excluding steroid dienone is 3. The van der Waals surface area contributed by atoms with Crippen LogP contribution in [-0.4, -0.2) is 21.0 Å². The number of benzene rings is 2. The second-order valence-electron chi connectivity index (χ2n) is 8.11. The number of ether oxygens (including phenoxy) is 1. The van der Waals surface area contributed by atoms with Crippen molar-refractivity contribution in [1.82, 2.24) is 9.97 Å². The summed E-state index contributed by atoms with van der Waals surface area (Å²) >= 11 is 0. The van der Waals surface area contributed by atoms with Crippen LogP contribution in [0.4, 0.5) is 0 Å². The average Bonchev–Trinajstić information content (AvgIpc) is 2.95. The van der Waals surface area contributed by atoms with Gasteiger partial charge in [0.05, 0.1) is 17.0 Å². The van der Waals surface area contributed by atoms with E-state index in [-0.39, 0.29) is 5.56 Å². The van der Waals surface area contributed by atoms with Gasteiger partial charge in [0.2, 0.25) is 0 Å². The van der Waals surface area contributed by atoms with Crippen LogP contribution in [0.1, 0.15) is 55.0 Å². The van der Waals surface area contributed by atoms with Crippen LogP contribution in [0.15, 0.2) is 110 Å². The number of aromatic nitrogens is 2. The van der Waals surface area contributed by atoms with Gasteiger partial charge < -0.3 is 9.84 Å². The molecule has 0 spiro atoms. The average molecular weight is 495 g/mol. The van der Waals surface area contributed by atoms with E-state index in [4.69, 9.17) is 9.84 Å². The molecule has 0 bridgehead atoms. The second-order valence-corrected chi connectivity index (χ2v) is 8.11. The summed E-state index contributed by atoms with van der Waals surface area (Å²) in [6, 6.07) is 26.9. The van der Waals surface area contributed by atoms with Crippen molar-refractivity contribution >= 4 is 17.1 Å². The monoisotopic (exact) mass is 494 g/mol. The molecule has 4 rings (SSSR count). The van der Waals surface area contributed by atoms with Crippen LogP contribution < -0.4 is 4.74 Å². The number of pyridine rings is 2. The number of nitrogens with zero attached hydrogens (tertiary/aromatic N) is 2.